The quantitative estimate of drug-likeness (QED) is 0.634. The Bertz CT molecular complexity index is 967. The summed E-state index contributed by atoms with van der Waals surface area (Å²) in [6.07, 6.45) is 0.521. The van der Waals surface area contributed by atoms with Gasteiger partial charge in [0.05, 0.1) is 12.1 Å². The number of carbonyl (C=O) groups is 2. The maximum Gasteiger partial charge on any atom is 0.227 e. The number of benzene rings is 2. The Morgan fingerprint density at radius 3 is 2.61 bits per heavy atom. The maximum absolute atomic E-state index is 12.1. The highest BCUT2D eigenvalue weighted by Crippen LogP contribution is 2.28. The van der Waals surface area contributed by atoms with Crippen molar-refractivity contribution >= 4 is 28.3 Å². The second-order valence-corrected chi connectivity index (χ2v) is 7.52. The Morgan fingerprint density at radius 1 is 1.04 bits per heavy atom. The number of aryl methyl sites for hydroxylation is 2. The average Bonchev–Trinajstić information content (AvgIpc) is 3.12. The SMILES string of the molecule is Cc1ccc(C)c(-c2csc(NC(=O)CCNC(=O)Cc3ccccc3)n2)c1. The van der Waals surface area contributed by atoms with Crippen LogP contribution in [0.15, 0.2) is 53.9 Å². The van der Waals surface area contributed by atoms with E-state index in [1.807, 2.05) is 49.6 Å². The van der Waals surface area contributed by atoms with E-state index in [-0.39, 0.29) is 18.2 Å². The lowest BCUT2D eigenvalue weighted by Gasteiger charge is -2.06. The summed E-state index contributed by atoms with van der Waals surface area (Å²) in [4.78, 5) is 28.6. The number of hydrogen-bond acceptors (Lipinski definition) is 4. The molecule has 3 aromatic rings. The molecule has 0 aliphatic rings. The molecular formula is C22H23N3O2S. The van der Waals surface area contributed by atoms with Crippen LogP contribution in [0.1, 0.15) is 23.1 Å². The van der Waals surface area contributed by atoms with Gasteiger partial charge in [-0.05, 0) is 31.0 Å². The first-order valence-corrected chi connectivity index (χ1v) is 10.0. The van der Waals surface area contributed by atoms with Gasteiger partial charge in [-0.2, -0.15) is 0 Å². The molecule has 1 heterocycles. The van der Waals surface area contributed by atoms with Crippen LogP contribution in [0.5, 0.6) is 0 Å². The molecule has 0 aliphatic carbocycles. The number of thiazole rings is 1. The topological polar surface area (TPSA) is 71.1 Å². The molecule has 1 aromatic heterocycles. The van der Waals surface area contributed by atoms with Crippen molar-refractivity contribution in [3.05, 3.63) is 70.6 Å². The van der Waals surface area contributed by atoms with Gasteiger partial charge in [-0.25, -0.2) is 4.98 Å². The van der Waals surface area contributed by atoms with Gasteiger partial charge in [0.25, 0.3) is 0 Å². The highest BCUT2D eigenvalue weighted by atomic mass is 32.1. The van der Waals surface area contributed by atoms with E-state index in [9.17, 15) is 9.59 Å². The van der Waals surface area contributed by atoms with Gasteiger partial charge in [-0.1, -0.05) is 48.0 Å². The van der Waals surface area contributed by atoms with Crippen molar-refractivity contribution in [3.8, 4) is 11.3 Å². The third kappa shape index (κ3) is 5.50. The minimum absolute atomic E-state index is 0.0922. The van der Waals surface area contributed by atoms with E-state index in [1.165, 1.54) is 16.9 Å². The van der Waals surface area contributed by atoms with Gasteiger partial charge in [0.15, 0.2) is 5.13 Å². The van der Waals surface area contributed by atoms with E-state index in [0.29, 0.717) is 18.1 Å². The summed E-state index contributed by atoms with van der Waals surface area (Å²) in [5, 5.41) is 8.09. The zero-order chi connectivity index (χ0) is 19.9. The molecule has 2 aromatic carbocycles. The van der Waals surface area contributed by atoms with Crippen LogP contribution in [0.4, 0.5) is 5.13 Å². The number of aromatic nitrogens is 1. The van der Waals surface area contributed by atoms with Crippen LogP contribution in [0.3, 0.4) is 0 Å². The highest BCUT2D eigenvalue weighted by molar-refractivity contribution is 7.14. The van der Waals surface area contributed by atoms with Crippen molar-refractivity contribution < 1.29 is 9.59 Å². The number of amides is 2. The largest absolute Gasteiger partial charge is 0.355 e. The predicted octanol–water partition coefficient (Wildman–Crippen LogP) is 4.11. The third-order valence-electron chi connectivity index (χ3n) is 4.30. The smallest absolute Gasteiger partial charge is 0.227 e. The van der Waals surface area contributed by atoms with Gasteiger partial charge < -0.3 is 10.6 Å². The summed E-state index contributed by atoms with van der Waals surface area (Å²) in [5.41, 5.74) is 5.20. The van der Waals surface area contributed by atoms with Gasteiger partial charge in [-0.3, -0.25) is 9.59 Å². The fourth-order valence-electron chi connectivity index (χ4n) is 2.81. The van der Waals surface area contributed by atoms with Crippen LogP contribution in [-0.4, -0.2) is 23.3 Å². The van der Waals surface area contributed by atoms with E-state index in [4.69, 9.17) is 0 Å². The molecule has 0 fully saturated rings. The van der Waals surface area contributed by atoms with E-state index < -0.39 is 0 Å². The number of rotatable bonds is 7. The lowest BCUT2D eigenvalue weighted by atomic mass is 10.0. The van der Waals surface area contributed by atoms with Crippen molar-refractivity contribution in [1.29, 1.82) is 0 Å². The van der Waals surface area contributed by atoms with E-state index in [1.54, 1.807) is 0 Å². The summed E-state index contributed by atoms with van der Waals surface area (Å²) in [6.45, 7) is 4.39. The molecule has 0 bridgehead atoms. The molecule has 0 atom stereocenters. The third-order valence-corrected chi connectivity index (χ3v) is 5.06. The Kier molecular flexibility index (Phi) is 6.55. The van der Waals surface area contributed by atoms with Crippen LogP contribution in [0, 0.1) is 13.8 Å². The summed E-state index contributed by atoms with van der Waals surface area (Å²) < 4.78 is 0. The molecule has 3 rings (SSSR count). The van der Waals surface area contributed by atoms with Gasteiger partial charge in [0, 0.05) is 23.9 Å². The zero-order valence-corrected chi connectivity index (χ0v) is 16.8. The molecule has 0 unspecified atom stereocenters. The second kappa shape index (κ2) is 9.28. The normalized spacial score (nSPS) is 10.5. The maximum atomic E-state index is 12.1. The Hall–Kier alpha value is -2.99. The van der Waals surface area contributed by atoms with Crippen LogP contribution in [-0.2, 0) is 16.0 Å². The number of nitrogens with one attached hydrogen (secondary N) is 2. The van der Waals surface area contributed by atoms with Gasteiger partial charge >= 0.3 is 0 Å². The molecule has 144 valence electrons. The highest BCUT2D eigenvalue weighted by Gasteiger charge is 2.10. The molecular weight excluding hydrogens is 370 g/mol. The lowest BCUT2D eigenvalue weighted by molar-refractivity contribution is -0.120. The number of nitrogens with zero attached hydrogens (tertiary/aromatic N) is 1. The molecule has 5 nitrogen and oxygen atoms in total. The standard InChI is InChI=1S/C22H23N3O2S/c1-15-8-9-16(2)18(12-15)19-14-28-22(24-19)25-20(26)10-11-23-21(27)13-17-6-4-3-5-7-17/h3-9,12,14H,10-11,13H2,1-2H3,(H,23,27)(H,24,25,26). The monoisotopic (exact) mass is 393 g/mol. The first kappa shape index (κ1) is 19.8. The first-order chi connectivity index (χ1) is 13.5. The number of hydrogen-bond donors (Lipinski definition) is 2. The van der Waals surface area contributed by atoms with Crippen LogP contribution < -0.4 is 10.6 Å². The van der Waals surface area contributed by atoms with Crippen LogP contribution >= 0.6 is 11.3 Å². The van der Waals surface area contributed by atoms with Gasteiger partial charge in [-0.15, -0.1) is 11.3 Å². The van der Waals surface area contributed by atoms with Crippen molar-refractivity contribution in [1.82, 2.24) is 10.3 Å². The Balaban J connectivity index is 1.47. The minimum Gasteiger partial charge on any atom is -0.355 e. The fraction of sp³-hybridized carbons (Fsp3) is 0.227. The van der Waals surface area contributed by atoms with E-state index >= 15 is 0 Å². The molecule has 0 spiro atoms. The summed E-state index contributed by atoms with van der Waals surface area (Å²) >= 11 is 1.40. The van der Waals surface area contributed by atoms with Crippen molar-refractivity contribution in [3.63, 3.8) is 0 Å². The lowest BCUT2D eigenvalue weighted by Crippen LogP contribution is -2.28. The minimum atomic E-state index is -0.165. The zero-order valence-electron chi connectivity index (χ0n) is 16.0. The molecule has 2 amide bonds. The van der Waals surface area contributed by atoms with Crippen molar-refractivity contribution in [2.75, 3.05) is 11.9 Å². The molecule has 2 N–H and O–H groups in total. The van der Waals surface area contributed by atoms with Gasteiger partial charge in [0.2, 0.25) is 11.8 Å². The first-order valence-electron chi connectivity index (χ1n) is 9.15. The molecule has 0 saturated heterocycles. The van der Waals surface area contributed by atoms with Crippen LogP contribution in [0.2, 0.25) is 0 Å². The summed E-state index contributed by atoms with van der Waals surface area (Å²) in [6, 6.07) is 15.8. The molecule has 0 aliphatic heterocycles. The summed E-state index contributed by atoms with van der Waals surface area (Å²) in [5.74, 6) is -0.257. The van der Waals surface area contributed by atoms with Crippen molar-refractivity contribution in [2.45, 2.75) is 26.7 Å². The molecule has 0 radical (unpaired) electrons. The molecule has 28 heavy (non-hydrogen) atoms. The van der Waals surface area contributed by atoms with Gasteiger partial charge in [0.1, 0.15) is 0 Å². The average molecular weight is 394 g/mol. The van der Waals surface area contributed by atoms with E-state index in [2.05, 4.69) is 33.8 Å². The van der Waals surface area contributed by atoms with E-state index in [0.717, 1.165) is 22.4 Å². The Morgan fingerprint density at radius 2 is 1.82 bits per heavy atom. The molecule has 0 saturated carbocycles. The second-order valence-electron chi connectivity index (χ2n) is 6.67. The number of anilines is 1. The predicted molar refractivity (Wildman–Crippen MR) is 113 cm³/mol. The molecule has 6 heteroatoms. The van der Waals surface area contributed by atoms with Crippen molar-refractivity contribution in [2.24, 2.45) is 0 Å². The summed E-state index contributed by atoms with van der Waals surface area (Å²) in [7, 11) is 0. The Labute approximate surface area is 168 Å². The fourth-order valence-corrected chi connectivity index (χ4v) is 3.53. The number of carbonyl (C=O) groups excluding carboxylic acids is 2. The van der Waals surface area contributed by atoms with Crippen LogP contribution in [0.25, 0.3) is 11.3 Å².